The van der Waals surface area contributed by atoms with Crippen LogP contribution in [0.3, 0.4) is 0 Å². The zero-order valence-corrected chi connectivity index (χ0v) is 14.3. The lowest BCUT2D eigenvalue weighted by molar-refractivity contribution is 0.0948. The largest absolute Gasteiger partial charge is 0.488 e. The van der Waals surface area contributed by atoms with E-state index < -0.39 is 0 Å². The average Bonchev–Trinajstić information content (AvgIpc) is 2.54. The van der Waals surface area contributed by atoms with Crippen molar-refractivity contribution >= 4 is 18.3 Å². The molecule has 4 nitrogen and oxygen atoms in total. The molecule has 0 radical (unpaired) electrons. The van der Waals surface area contributed by atoms with Crippen LogP contribution in [-0.2, 0) is 6.61 Å². The highest BCUT2D eigenvalue weighted by molar-refractivity contribution is 5.96. The Kier molecular flexibility index (Phi) is 8.22. The molecule has 1 unspecified atom stereocenters. The summed E-state index contributed by atoms with van der Waals surface area (Å²) in [7, 11) is 0. The molecule has 0 saturated carbocycles. The number of halogens is 2. The summed E-state index contributed by atoms with van der Waals surface area (Å²) < 4.78 is 18.6. The van der Waals surface area contributed by atoms with Crippen LogP contribution in [0.25, 0.3) is 0 Å². The first kappa shape index (κ1) is 19.9. The van der Waals surface area contributed by atoms with Gasteiger partial charge in [-0.25, -0.2) is 4.39 Å². The van der Waals surface area contributed by atoms with Gasteiger partial charge in [0, 0.05) is 12.6 Å². The van der Waals surface area contributed by atoms with Crippen molar-refractivity contribution < 1.29 is 13.9 Å². The highest BCUT2D eigenvalue weighted by Crippen LogP contribution is 2.19. The monoisotopic (exact) mass is 352 g/mol. The van der Waals surface area contributed by atoms with E-state index in [-0.39, 0.29) is 36.8 Å². The molecule has 2 rings (SSSR count). The molecule has 0 aliphatic carbocycles. The van der Waals surface area contributed by atoms with Crippen LogP contribution in [0.1, 0.15) is 29.3 Å². The summed E-state index contributed by atoms with van der Waals surface area (Å²) >= 11 is 0. The number of carbonyl (C=O) groups is 1. The van der Waals surface area contributed by atoms with Crippen LogP contribution in [0.4, 0.5) is 4.39 Å². The third-order valence-corrected chi connectivity index (χ3v) is 3.32. The number of amides is 1. The van der Waals surface area contributed by atoms with Crippen molar-refractivity contribution in [3.8, 4) is 5.75 Å². The first-order chi connectivity index (χ1) is 11.1. The lowest BCUT2D eigenvalue weighted by Gasteiger charge is -2.12. The minimum atomic E-state index is -0.289. The van der Waals surface area contributed by atoms with Crippen LogP contribution in [0.5, 0.6) is 5.75 Å². The van der Waals surface area contributed by atoms with E-state index in [1.54, 1.807) is 36.4 Å². The average molecular weight is 353 g/mol. The summed E-state index contributed by atoms with van der Waals surface area (Å²) in [5.41, 5.74) is 6.97. The summed E-state index contributed by atoms with van der Waals surface area (Å²) in [6, 6.07) is 13.1. The fraction of sp³-hybridized carbons (Fsp3) is 0.278. The Morgan fingerprint density at radius 1 is 1.21 bits per heavy atom. The molecule has 2 aromatic rings. The SMILES string of the molecule is CC(N)CCNC(=O)c1ccccc1OCc1ccc(F)cc1.Cl. The van der Waals surface area contributed by atoms with Gasteiger partial charge in [-0.05, 0) is 43.2 Å². The number of carbonyl (C=O) groups excluding carboxylic acids is 1. The number of nitrogens with one attached hydrogen (secondary N) is 1. The molecule has 0 heterocycles. The maximum atomic E-state index is 12.9. The molecule has 0 spiro atoms. The van der Waals surface area contributed by atoms with Crippen molar-refractivity contribution in [1.82, 2.24) is 5.32 Å². The Hall–Kier alpha value is -2.11. The number of benzene rings is 2. The Bertz CT molecular complexity index is 648. The molecule has 0 aliphatic heterocycles. The van der Waals surface area contributed by atoms with E-state index in [1.807, 2.05) is 6.92 Å². The molecular formula is C18H22ClFN2O2. The van der Waals surface area contributed by atoms with Crippen LogP contribution in [0.15, 0.2) is 48.5 Å². The summed E-state index contributed by atoms with van der Waals surface area (Å²) in [4.78, 5) is 12.2. The van der Waals surface area contributed by atoms with E-state index in [9.17, 15) is 9.18 Å². The van der Waals surface area contributed by atoms with Gasteiger partial charge < -0.3 is 15.8 Å². The minimum Gasteiger partial charge on any atom is -0.488 e. The predicted molar refractivity (Wildman–Crippen MR) is 95.0 cm³/mol. The Morgan fingerprint density at radius 2 is 1.88 bits per heavy atom. The molecule has 0 aromatic heterocycles. The quantitative estimate of drug-likeness (QED) is 0.803. The lowest BCUT2D eigenvalue weighted by Crippen LogP contribution is -2.29. The minimum absolute atomic E-state index is 0. The molecule has 1 atom stereocenters. The van der Waals surface area contributed by atoms with Gasteiger partial charge in [0.1, 0.15) is 18.2 Å². The molecular weight excluding hydrogens is 331 g/mol. The van der Waals surface area contributed by atoms with E-state index in [1.165, 1.54) is 12.1 Å². The van der Waals surface area contributed by atoms with Gasteiger partial charge in [0.15, 0.2) is 0 Å². The first-order valence-corrected chi connectivity index (χ1v) is 7.56. The van der Waals surface area contributed by atoms with Crippen molar-refractivity contribution in [2.24, 2.45) is 5.73 Å². The summed E-state index contributed by atoms with van der Waals surface area (Å²) in [6.07, 6.45) is 0.713. The third kappa shape index (κ3) is 6.18. The molecule has 0 saturated heterocycles. The smallest absolute Gasteiger partial charge is 0.255 e. The van der Waals surface area contributed by atoms with Gasteiger partial charge in [-0.3, -0.25) is 4.79 Å². The Morgan fingerprint density at radius 3 is 2.54 bits per heavy atom. The maximum Gasteiger partial charge on any atom is 0.255 e. The lowest BCUT2D eigenvalue weighted by atomic mass is 10.1. The van der Waals surface area contributed by atoms with Crippen molar-refractivity contribution in [2.45, 2.75) is 26.0 Å². The van der Waals surface area contributed by atoms with E-state index >= 15 is 0 Å². The van der Waals surface area contributed by atoms with E-state index in [2.05, 4.69) is 5.32 Å². The van der Waals surface area contributed by atoms with Crippen molar-refractivity contribution in [3.63, 3.8) is 0 Å². The van der Waals surface area contributed by atoms with Crippen LogP contribution >= 0.6 is 12.4 Å². The molecule has 1 amide bonds. The van der Waals surface area contributed by atoms with Gasteiger partial charge >= 0.3 is 0 Å². The second kappa shape index (κ2) is 9.90. The van der Waals surface area contributed by atoms with Gasteiger partial charge in [-0.15, -0.1) is 12.4 Å². The summed E-state index contributed by atoms with van der Waals surface area (Å²) in [6.45, 7) is 2.68. The van der Waals surface area contributed by atoms with Gasteiger partial charge in [0.2, 0.25) is 0 Å². The zero-order chi connectivity index (χ0) is 16.7. The highest BCUT2D eigenvalue weighted by atomic mass is 35.5. The van der Waals surface area contributed by atoms with Gasteiger partial charge in [-0.2, -0.15) is 0 Å². The number of ether oxygens (including phenoxy) is 1. The van der Waals surface area contributed by atoms with Crippen molar-refractivity contribution in [3.05, 3.63) is 65.5 Å². The standard InChI is InChI=1S/C18H21FN2O2.ClH/c1-13(20)10-11-21-18(22)16-4-2-3-5-17(16)23-12-14-6-8-15(19)9-7-14;/h2-9,13H,10-12,20H2,1H3,(H,21,22);1H. The molecule has 130 valence electrons. The number of nitrogens with two attached hydrogens (primary N) is 1. The predicted octanol–water partition coefficient (Wildman–Crippen LogP) is 3.29. The van der Waals surface area contributed by atoms with Crippen LogP contribution in [0, 0.1) is 5.82 Å². The molecule has 0 bridgehead atoms. The van der Waals surface area contributed by atoms with E-state index in [0.29, 0.717) is 24.3 Å². The third-order valence-electron chi connectivity index (χ3n) is 3.32. The number of hydrogen-bond donors (Lipinski definition) is 2. The van der Waals surface area contributed by atoms with Crippen molar-refractivity contribution in [2.75, 3.05) is 6.54 Å². The summed E-state index contributed by atoms with van der Waals surface area (Å²) in [5, 5.41) is 2.83. The highest BCUT2D eigenvalue weighted by Gasteiger charge is 2.12. The fourth-order valence-electron chi connectivity index (χ4n) is 2.03. The normalized spacial score (nSPS) is 11.3. The van der Waals surface area contributed by atoms with E-state index in [4.69, 9.17) is 10.5 Å². The molecule has 2 aromatic carbocycles. The first-order valence-electron chi connectivity index (χ1n) is 7.56. The van der Waals surface area contributed by atoms with Crippen LogP contribution < -0.4 is 15.8 Å². The second-order valence-electron chi connectivity index (χ2n) is 5.43. The number of para-hydroxylation sites is 1. The molecule has 3 N–H and O–H groups in total. The van der Waals surface area contributed by atoms with Gasteiger partial charge in [0.05, 0.1) is 5.56 Å². The van der Waals surface area contributed by atoms with Crippen LogP contribution in [-0.4, -0.2) is 18.5 Å². The summed E-state index contributed by atoms with van der Waals surface area (Å²) in [5.74, 6) is 0.0122. The molecule has 6 heteroatoms. The van der Waals surface area contributed by atoms with E-state index in [0.717, 1.165) is 5.56 Å². The number of rotatable bonds is 7. The maximum absolute atomic E-state index is 12.9. The topological polar surface area (TPSA) is 64.3 Å². The molecule has 0 aliphatic rings. The van der Waals surface area contributed by atoms with Crippen LogP contribution in [0.2, 0.25) is 0 Å². The molecule has 24 heavy (non-hydrogen) atoms. The molecule has 0 fully saturated rings. The Labute approximate surface area is 147 Å². The Balaban J connectivity index is 0.00000288. The zero-order valence-electron chi connectivity index (χ0n) is 13.5. The van der Waals surface area contributed by atoms with Crippen molar-refractivity contribution in [1.29, 1.82) is 0 Å². The second-order valence-corrected chi connectivity index (χ2v) is 5.43. The van der Waals surface area contributed by atoms with Gasteiger partial charge in [-0.1, -0.05) is 24.3 Å². The van der Waals surface area contributed by atoms with Gasteiger partial charge in [0.25, 0.3) is 5.91 Å². The fourth-order valence-corrected chi connectivity index (χ4v) is 2.03. The number of hydrogen-bond acceptors (Lipinski definition) is 3.